The van der Waals surface area contributed by atoms with E-state index in [1.807, 2.05) is 11.0 Å². The predicted octanol–water partition coefficient (Wildman–Crippen LogP) is 3.15. The number of nitrogens with zero attached hydrogens (tertiary/aromatic N) is 1. The monoisotopic (exact) mass is 298 g/mol. The summed E-state index contributed by atoms with van der Waals surface area (Å²) in [7, 11) is 0. The number of amides is 1. The number of nitrogens with two attached hydrogens (primary N) is 1. The summed E-state index contributed by atoms with van der Waals surface area (Å²) in [6.45, 7) is 0. The van der Waals surface area contributed by atoms with Crippen molar-refractivity contribution in [3.8, 4) is 0 Å². The molecule has 19 heavy (non-hydrogen) atoms. The molecule has 0 spiro atoms. The first-order valence-corrected chi connectivity index (χ1v) is 7.35. The molecule has 1 heterocycles. The lowest BCUT2D eigenvalue weighted by atomic mass is 9.90. The highest BCUT2D eigenvalue weighted by molar-refractivity contribution is 6.33. The van der Waals surface area contributed by atoms with Crippen LogP contribution < -0.4 is 5.73 Å². The van der Waals surface area contributed by atoms with Gasteiger partial charge in [-0.1, -0.05) is 23.2 Å². The number of carbonyl (C=O) groups excluding carboxylic acids is 1. The Morgan fingerprint density at radius 2 is 1.95 bits per heavy atom. The first kappa shape index (κ1) is 13.2. The molecular weight excluding hydrogens is 283 g/mol. The van der Waals surface area contributed by atoms with Crippen molar-refractivity contribution in [3.05, 3.63) is 33.8 Å². The van der Waals surface area contributed by atoms with Gasteiger partial charge in [0.15, 0.2) is 0 Å². The van der Waals surface area contributed by atoms with Crippen molar-refractivity contribution in [2.24, 2.45) is 5.73 Å². The standard InChI is InChI=1S/C14H16Cl2N2O/c15-8-1-4-11(16)10(7-8)14-12(17)5-6-13(19)18(14)9-2-3-9/h1,4,7,9,12,14H,2-3,5-6,17H2. The fraction of sp³-hybridized carbons (Fsp3) is 0.500. The normalized spacial score (nSPS) is 27.7. The number of rotatable bonds is 2. The van der Waals surface area contributed by atoms with Gasteiger partial charge in [0, 0.05) is 28.5 Å². The topological polar surface area (TPSA) is 46.3 Å². The van der Waals surface area contributed by atoms with Crippen LogP contribution in [0.15, 0.2) is 18.2 Å². The molecule has 1 saturated heterocycles. The maximum atomic E-state index is 12.2. The molecule has 0 radical (unpaired) electrons. The first-order chi connectivity index (χ1) is 9.08. The fourth-order valence-electron chi connectivity index (χ4n) is 2.84. The quantitative estimate of drug-likeness (QED) is 0.912. The molecular formula is C14H16Cl2N2O. The third kappa shape index (κ3) is 2.47. The van der Waals surface area contributed by atoms with Gasteiger partial charge in [-0.2, -0.15) is 0 Å². The van der Waals surface area contributed by atoms with Gasteiger partial charge in [0.2, 0.25) is 5.91 Å². The summed E-state index contributed by atoms with van der Waals surface area (Å²) in [6, 6.07) is 5.48. The Bertz CT molecular complexity index is 516. The Morgan fingerprint density at radius 3 is 2.63 bits per heavy atom. The number of carbonyl (C=O) groups is 1. The van der Waals surface area contributed by atoms with Gasteiger partial charge in [-0.3, -0.25) is 4.79 Å². The lowest BCUT2D eigenvalue weighted by Gasteiger charge is -2.40. The van der Waals surface area contributed by atoms with Crippen LogP contribution in [0.2, 0.25) is 10.0 Å². The number of piperidine rings is 1. The minimum atomic E-state index is -0.139. The Labute approximate surface area is 122 Å². The molecule has 102 valence electrons. The molecule has 3 nitrogen and oxygen atoms in total. The van der Waals surface area contributed by atoms with E-state index in [9.17, 15) is 4.79 Å². The van der Waals surface area contributed by atoms with Crippen molar-refractivity contribution >= 4 is 29.1 Å². The van der Waals surface area contributed by atoms with Gasteiger partial charge in [0.1, 0.15) is 0 Å². The van der Waals surface area contributed by atoms with Gasteiger partial charge in [-0.15, -0.1) is 0 Å². The van der Waals surface area contributed by atoms with Gasteiger partial charge in [-0.05, 0) is 43.0 Å². The molecule has 2 fully saturated rings. The average molecular weight is 299 g/mol. The molecule has 0 bridgehead atoms. The lowest BCUT2D eigenvalue weighted by molar-refractivity contribution is -0.138. The van der Waals surface area contributed by atoms with E-state index in [1.54, 1.807) is 12.1 Å². The zero-order chi connectivity index (χ0) is 13.6. The van der Waals surface area contributed by atoms with E-state index >= 15 is 0 Å². The highest BCUT2D eigenvalue weighted by Crippen LogP contribution is 2.42. The fourth-order valence-corrected chi connectivity index (χ4v) is 3.25. The van der Waals surface area contributed by atoms with Gasteiger partial charge >= 0.3 is 0 Å². The van der Waals surface area contributed by atoms with Crippen molar-refractivity contribution < 1.29 is 4.79 Å². The number of benzene rings is 1. The van der Waals surface area contributed by atoms with Crippen molar-refractivity contribution in [1.29, 1.82) is 0 Å². The zero-order valence-corrected chi connectivity index (χ0v) is 12.0. The molecule has 5 heteroatoms. The van der Waals surface area contributed by atoms with E-state index in [0.29, 0.717) is 28.9 Å². The molecule has 0 aromatic heterocycles. The van der Waals surface area contributed by atoms with E-state index in [2.05, 4.69) is 0 Å². The molecule has 2 aliphatic rings. The number of likely N-dealkylation sites (tertiary alicyclic amines) is 1. The average Bonchev–Trinajstić information content (AvgIpc) is 3.19. The molecule has 1 aliphatic heterocycles. The van der Waals surface area contributed by atoms with Crippen molar-refractivity contribution in [3.63, 3.8) is 0 Å². The molecule has 2 atom stereocenters. The van der Waals surface area contributed by atoms with Gasteiger partial charge < -0.3 is 10.6 Å². The Balaban J connectivity index is 2.02. The molecule has 1 saturated carbocycles. The van der Waals surface area contributed by atoms with Crippen LogP contribution in [0.4, 0.5) is 0 Å². The summed E-state index contributed by atoms with van der Waals surface area (Å²) in [6.07, 6.45) is 3.36. The highest BCUT2D eigenvalue weighted by atomic mass is 35.5. The SMILES string of the molecule is NC1CCC(=O)N(C2CC2)C1c1cc(Cl)ccc1Cl. The van der Waals surface area contributed by atoms with Crippen LogP contribution >= 0.6 is 23.2 Å². The highest BCUT2D eigenvalue weighted by Gasteiger charge is 2.43. The van der Waals surface area contributed by atoms with Crippen LogP contribution in [0.25, 0.3) is 0 Å². The van der Waals surface area contributed by atoms with Crippen LogP contribution in [-0.2, 0) is 4.79 Å². The molecule has 3 rings (SSSR count). The maximum Gasteiger partial charge on any atom is 0.223 e. The molecule has 1 aliphatic carbocycles. The Hall–Kier alpha value is -0.770. The largest absolute Gasteiger partial charge is 0.331 e. The second kappa shape index (κ2) is 4.97. The van der Waals surface area contributed by atoms with Gasteiger partial charge in [-0.25, -0.2) is 0 Å². The summed E-state index contributed by atoms with van der Waals surface area (Å²) >= 11 is 12.3. The molecule has 2 N–H and O–H groups in total. The summed E-state index contributed by atoms with van der Waals surface area (Å²) in [4.78, 5) is 14.1. The number of hydrogen-bond donors (Lipinski definition) is 1. The van der Waals surface area contributed by atoms with Crippen LogP contribution in [-0.4, -0.2) is 22.9 Å². The van der Waals surface area contributed by atoms with Crippen molar-refractivity contribution in [1.82, 2.24) is 4.90 Å². The van der Waals surface area contributed by atoms with E-state index in [-0.39, 0.29) is 18.0 Å². The summed E-state index contributed by atoms with van der Waals surface area (Å²) in [5.41, 5.74) is 7.13. The molecule has 1 amide bonds. The minimum absolute atomic E-state index is 0.0748. The van der Waals surface area contributed by atoms with E-state index in [4.69, 9.17) is 28.9 Å². The van der Waals surface area contributed by atoms with E-state index < -0.39 is 0 Å². The lowest BCUT2D eigenvalue weighted by Crippen LogP contribution is -2.49. The second-order valence-electron chi connectivity index (χ2n) is 5.35. The van der Waals surface area contributed by atoms with Gasteiger partial charge in [0.25, 0.3) is 0 Å². The first-order valence-electron chi connectivity index (χ1n) is 6.59. The minimum Gasteiger partial charge on any atom is -0.331 e. The van der Waals surface area contributed by atoms with Crippen LogP contribution in [0.3, 0.4) is 0 Å². The van der Waals surface area contributed by atoms with Crippen LogP contribution in [0, 0.1) is 0 Å². The zero-order valence-electron chi connectivity index (χ0n) is 10.5. The predicted molar refractivity (Wildman–Crippen MR) is 76.3 cm³/mol. The second-order valence-corrected chi connectivity index (χ2v) is 6.19. The summed E-state index contributed by atoms with van der Waals surface area (Å²) < 4.78 is 0. The molecule has 1 aromatic rings. The Kier molecular flexibility index (Phi) is 3.46. The van der Waals surface area contributed by atoms with E-state index in [1.165, 1.54) is 0 Å². The smallest absolute Gasteiger partial charge is 0.223 e. The third-order valence-electron chi connectivity index (χ3n) is 3.90. The maximum absolute atomic E-state index is 12.2. The molecule has 2 unspecified atom stereocenters. The Morgan fingerprint density at radius 1 is 1.21 bits per heavy atom. The van der Waals surface area contributed by atoms with Crippen molar-refractivity contribution in [2.45, 2.75) is 43.8 Å². The number of hydrogen-bond acceptors (Lipinski definition) is 2. The van der Waals surface area contributed by atoms with Gasteiger partial charge in [0.05, 0.1) is 6.04 Å². The van der Waals surface area contributed by atoms with Crippen LogP contribution in [0.5, 0.6) is 0 Å². The molecule has 1 aromatic carbocycles. The number of halogens is 2. The van der Waals surface area contributed by atoms with Crippen LogP contribution in [0.1, 0.15) is 37.3 Å². The summed E-state index contributed by atoms with van der Waals surface area (Å²) in [5.74, 6) is 0.185. The van der Waals surface area contributed by atoms with E-state index in [0.717, 1.165) is 18.4 Å². The van der Waals surface area contributed by atoms with Crippen molar-refractivity contribution in [2.75, 3.05) is 0 Å². The summed E-state index contributed by atoms with van der Waals surface area (Å²) in [5, 5.41) is 1.26. The third-order valence-corrected chi connectivity index (χ3v) is 4.48.